The van der Waals surface area contributed by atoms with E-state index in [1.807, 2.05) is 31.2 Å². The smallest absolute Gasteiger partial charge is 0.408 e. The molecule has 0 fully saturated rings. The van der Waals surface area contributed by atoms with E-state index in [-0.39, 0.29) is 13.2 Å². The molecule has 0 heterocycles. The molecule has 2 atom stereocenters. The van der Waals surface area contributed by atoms with Gasteiger partial charge in [0, 0.05) is 12.2 Å². The predicted molar refractivity (Wildman–Crippen MR) is 127 cm³/mol. The number of nitrogens with zero attached hydrogens (tertiary/aromatic N) is 1. The number of nitrogens with one attached hydrogen (secondary N) is 2. The molecule has 8 heteroatoms. The fraction of sp³-hybridized carbons (Fsp3) is 0.400. The lowest BCUT2D eigenvalue weighted by molar-refractivity contribution is -0.141. The van der Waals surface area contributed by atoms with Crippen LogP contribution in [0.15, 0.2) is 54.6 Å². The molecule has 2 unspecified atom stereocenters. The minimum atomic E-state index is -1.02. The van der Waals surface area contributed by atoms with Crippen LogP contribution in [0, 0.1) is 6.92 Å². The number of hydrogen-bond acceptors (Lipinski definition) is 5. The van der Waals surface area contributed by atoms with Crippen molar-refractivity contribution >= 4 is 23.6 Å². The highest BCUT2D eigenvalue weighted by Gasteiger charge is 2.34. The zero-order chi connectivity index (χ0) is 24.6. The van der Waals surface area contributed by atoms with Gasteiger partial charge in [0.25, 0.3) is 5.91 Å². The summed E-state index contributed by atoms with van der Waals surface area (Å²) in [5.74, 6) is -0.953. The summed E-state index contributed by atoms with van der Waals surface area (Å²) in [5, 5.41) is 15.1. The zero-order valence-electron chi connectivity index (χ0n) is 19.8. The van der Waals surface area contributed by atoms with Crippen LogP contribution in [-0.2, 0) is 14.3 Å². The topological polar surface area (TPSA) is 108 Å². The van der Waals surface area contributed by atoms with Gasteiger partial charge in [0.05, 0.1) is 6.61 Å². The number of aliphatic hydroxyl groups excluding tert-OH is 1. The molecule has 0 aromatic heterocycles. The molecule has 0 aliphatic carbocycles. The van der Waals surface area contributed by atoms with E-state index >= 15 is 0 Å². The average Bonchev–Trinajstić information content (AvgIpc) is 2.74. The number of aliphatic hydroxyl groups is 1. The summed E-state index contributed by atoms with van der Waals surface area (Å²) in [7, 11) is 0. The van der Waals surface area contributed by atoms with Crippen molar-refractivity contribution in [3.05, 3.63) is 65.7 Å². The van der Waals surface area contributed by atoms with E-state index in [9.17, 15) is 19.5 Å². The fourth-order valence-corrected chi connectivity index (χ4v) is 3.29. The van der Waals surface area contributed by atoms with Crippen molar-refractivity contribution in [2.75, 3.05) is 18.5 Å². The molecule has 0 saturated heterocycles. The molecule has 2 rings (SSSR count). The number of carbonyl (C=O) groups excluding carboxylic acids is 3. The molecule has 0 aliphatic rings. The van der Waals surface area contributed by atoms with Crippen LogP contribution >= 0.6 is 0 Å². The molecular weight excluding hydrogens is 422 g/mol. The summed E-state index contributed by atoms with van der Waals surface area (Å²) < 4.78 is 5.23. The van der Waals surface area contributed by atoms with Crippen molar-refractivity contribution in [3.8, 4) is 0 Å². The maximum absolute atomic E-state index is 13.4. The van der Waals surface area contributed by atoms with E-state index < -0.39 is 35.6 Å². The summed E-state index contributed by atoms with van der Waals surface area (Å²) in [5.41, 5.74) is 1.35. The summed E-state index contributed by atoms with van der Waals surface area (Å²) >= 11 is 0. The largest absolute Gasteiger partial charge is 0.444 e. The van der Waals surface area contributed by atoms with E-state index in [2.05, 4.69) is 10.6 Å². The number of anilines is 1. The number of para-hydroxylation sites is 1. The number of amides is 3. The third kappa shape index (κ3) is 7.61. The van der Waals surface area contributed by atoms with Gasteiger partial charge in [-0.2, -0.15) is 0 Å². The molecule has 0 saturated carbocycles. The third-order valence-electron chi connectivity index (χ3n) is 4.81. The zero-order valence-corrected chi connectivity index (χ0v) is 19.8. The molecule has 33 heavy (non-hydrogen) atoms. The lowest BCUT2D eigenvalue weighted by Gasteiger charge is -2.33. The maximum atomic E-state index is 13.4. The van der Waals surface area contributed by atoms with Crippen LogP contribution in [0.2, 0.25) is 0 Å². The number of ether oxygens (including phenoxy) is 1. The average molecular weight is 456 g/mol. The second-order valence-electron chi connectivity index (χ2n) is 8.74. The summed E-state index contributed by atoms with van der Waals surface area (Å²) in [6.45, 7) is 8.09. The Morgan fingerprint density at radius 1 is 1.03 bits per heavy atom. The van der Waals surface area contributed by atoms with Gasteiger partial charge in [0.1, 0.15) is 17.7 Å². The van der Waals surface area contributed by atoms with E-state index in [0.717, 1.165) is 5.56 Å². The first-order chi connectivity index (χ1) is 15.5. The van der Waals surface area contributed by atoms with Crippen molar-refractivity contribution in [2.24, 2.45) is 0 Å². The van der Waals surface area contributed by atoms with Gasteiger partial charge in [-0.25, -0.2) is 4.79 Å². The van der Waals surface area contributed by atoms with Gasteiger partial charge in [-0.05, 0) is 51.8 Å². The van der Waals surface area contributed by atoms with Crippen molar-refractivity contribution in [2.45, 2.75) is 52.3 Å². The van der Waals surface area contributed by atoms with Crippen LogP contribution in [0.1, 0.15) is 44.9 Å². The Balaban J connectivity index is 2.34. The number of rotatable bonds is 8. The van der Waals surface area contributed by atoms with Crippen LogP contribution in [0.25, 0.3) is 0 Å². The Morgan fingerprint density at radius 3 is 2.21 bits per heavy atom. The molecule has 8 nitrogen and oxygen atoms in total. The van der Waals surface area contributed by atoms with Crippen LogP contribution in [-0.4, -0.2) is 52.7 Å². The quantitative estimate of drug-likeness (QED) is 0.565. The van der Waals surface area contributed by atoms with E-state index in [1.54, 1.807) is 51.1 Å². The molecule has 0 bridgehead atoms. The van der Waals surface area contributed by atoms with Gasteiger partial charge >= 0.3 is 6.09 Å². The fourth-order valence-electron chi connectivity index (χ4n) is 3.29. The molecular formula is C25H33N3O5. The normalized spacial score (nSPS) is 12.9. The van der Waals surface area contributed by atoms with Crippen molar-refractivity contribution in [1.82, 2.24) is 10.2 Å². The maximum Gasteiger partial charge on any atom is 0.408 e. The molecule has 2 aromatic rings. The first-order valence-corrected chi connectivity index (χ1v) is 10.9. The van der Waals surface area contributed by atoms with Crippen molar-refractivity contribution in [3.63, 3.8) is 0 Å². The Labute approximate surface area is 194 Å². The molecule has 0 aliphatic heterocycles. The number of benzene rings is 2. The lowest BCUT2D eigenvalue weighted by atomic mass is 10.0. The minimum Gasteiger partial charge on any atom is -0.444 e. The Kier molecular flexibility index (Phi) is 8.99. The Hall–Kier alpha value is -3.39. The van der Waals surface area contributed by atoms with Crippen molar-refractivity contribution in [1.29, 1.82) is 0 Å². The number of aryl methyl sites for hydroxylation is 1. The molecule has 178 valence electrons. The van der Waals surface area contributed by atoms with Gasteiger partial charge in [-0.1, -0.05) is 48.5 Å². The first-order valence-electron chi connectivity index (χ1n) is 10.9. The lowest BCUT2D eigenvalue weighted by Crippen LogP contribution is -2.52. The predicted octanol–water partition coefficient (Wildman–Crippen LogP) is 3.41. The molecule has 2 aromatic carbocycles. The molecule has 3 N–H and O–H groups in total. The summed E-state index contributed by atoms with van der Waals surface area (Å²) in [6, 6.07) is 14.2. The van der Waals surface area contributed by atoms with Crippen molar-refractivity contribution < 1.29 is 24.2 Å². The van der Waals surface area contributed by atoms with Gasteiger partial charge in [-0.3, -0.25) is 9.59 Å². The van der Waals surface area contributed by atoms with E-state index in [4.69, 9.17) is 4.74 Å². The van der Waals surface area contributed by atoms with Gasteiger partial charge in [-0.15, -0.1) is 0 Å². The second-order valence-corrected chi connectivity index (χ2v) is 8.74. The first kappa shape index (κ1) is 25.9. The van der Waals surface area contributed by atoms with E-state index in [0.29, 0.717) is 11.3 Å². The van der Waals surface area contributed by atoms with Gasteiger partial charge in [0.2, 0.25) is 5.91 Å². The number of alkyl carbamates (subject to hydrolysis) is 1. The van der Waals surface area contributed by atoms with Gasteiger partial charge in [0.15, 0.2) is 0 Å². The monoisotopic (exact) mass is 455 g/mol. The Bertz CT molecular complexity index is 956. The third-order valence-corrected chi connectivity index (χ3v) is 4.81. The molecule has 0 spiro atoms. The number of hydrogen-bond donors (Lipinski definition) is 3. The highest BCUT2D eigenvalue weighted by molar-refractivity contribution is 5.99. The van der Waals surface area contributed by atoms with Crippen LogP contribution in [0.5, 0.6) is 0 Å². The van der Waals surface area contributed by atoms with Gasteiger partial charge < -0.3 is 25.4 Å². The summed E-state index contributed by atoms with van der Waals surface area (Å²) in [6.07, 6.45) is -0.743. The standard InChI is InChI=1S/C25H33N3O5/c1-17-11-9-10-14-20(17)27-22(30)21(19-12-7-6-8-13-19)28(15-16-29)23(31)18(2)26-24(32)33-25(3,4)5/h6-14,18,21,29H,15-16H2,1-5H3,(H,26,32)(H,27,30). The number of carbonyl (C=O) groups is 3. The molecule has 3 amide bonds. The SMILES string of the molecule is Cc1ccccc1NC(=O)C(c1ccccc1)N(CCO)C(=O)C(C)NC(=O)OC(C)(C)C. The highest BCUT2D eigenvalue weighted by atomic mass is 16.6. The Morgan fingerprint density at radius 2 is 1.64 bits per heavy atom. The van der Waals surface area contributed by atoms with Crippen LogP contribution < -0.4 is 10.6 Å². The van der Waals surface area contributed by atoms with Crippen LogP contribution in [0.4, 0.5) is 10.5 Å². The van der Waals surface area contributed by atoms with Crippen LogP contribution in [0.3, 0.4) is 0 Å². The second kappa shape index (κ2) is 11.5. The minimum absolute atomic E-state index is 0.0973. The molecule has 0 radical (unpaired) electrons. The summed E-state index contributed by atoms with van der Waals surface area (Å²) in [4.78, 5) is 40.2. The van der Waals surface area contributed by atoms with E-state index in [1.165, 1.54) is 11.8 Å². The highest BCUT2D eigenvalue weighted by Crippen LogP contribution is 2.25.